The fraction of sp³-hybridized carbons (Fsp3) is 1.00. The molecule has 1 saturated carbocycles. The van der Waals surface area contributed by atoms with Gasteiger partial charge in [0.05, 0.1) is 25.4 Å². The predicted octanol–water partition coefficient (Wildman–Crippen LogP) is -6.91. The molecule has 2 aliphatic heterocycles. The van der Waals surface area contributed by atoms with Crippen LogP contribution in [-0.2, 0) is 18.9 Å². The topological polar surface area (TPSA) is 259 Å². The highest BCUT2D eigenvalue weighted by Gasteiger charge is 2.53. The minimum Gasteiger partial charge on any atom is -0.396 e. The Morgan fingerprint density at radius 1 is 0.559 bits per heavy atom. The maximum absolute atomic E-state index is 10.8. The van der Waals surface area contributed by atoms with E-state index in [1.165, 1.54) is 0 Å². The first-order valence-corrected chi connectivity index (χ1v) is 10.9. The van der Waals surface area contributed by atoms with E-state index >= 15 is 0 Å². The number of aliphatic hydroxyl groups excluding tert-OH is 11. The van der Waals surface area contributed by atoms with Gasteiger partial charge in [-0.3, -0.25) is 0 Å². The monoisotopic (exact) mass is 502 g/mol. The van der Waals surface area contributed by atoms with E-state index in [1.54, 1.807) is 0 Å². The lowest BCUT2D eigenvalue weighted by Gasteiger charge is -2.48. The van der Waals surface area contributed by atoms with Gasteiger partial charge in [-0.1, -0.05) is 0 Å². The van der Waals surface area contributed by atoms with Gasteiger partial charge in [0, 0.05) is 12.5 Å². The van der Waals surface area contributed by atoms with E-state index in [4.69, 9.17) is 18.9 Å². The van der Waals surface area contributed by atoms with E-state index in [0.29, 0.717) is 0 Å². The Morgan fingerprint density at radius 3 is 1.79 bits per heavy atom. The van der Waals surface area contributed by atoms with Gasteiger partial charge in [-0.25, -0.2) is 0 Å². The SMILES string of the molecule is OCC1O[C@@H](O)C(O)[C@@H](O)[C@@H]1O[C@@H]1OC(CO)[C@H](O)[C@H](O[C@@H]2CC(CO)[C@H](O)[C@H](O)C2O)C1O. The van der Waals surface area contributed by atoms with Gasteiger partial charge < -0.3 is 75.1 Å². The summed E-state index contributed by atoms with van der Waals surface area (Å²) in [4.78, 5) is 0. The molecule has 2 saturated heterocycles. The first-order chi connectivity index (χ1) is 16.0. The van der Waals surface area contributed by atoms with Crippen molar-refractivity contribution < 1.29 is 75.1 Å². The third kappa shape index (κ3) is 5.39. The van der Waals surface area contributed by atoms with Crippen LogP contribution in [-0.4, -0.2) is 162 Å². The summed E-state index contributed by atoms with van der Waals surface area (Å²) in [7, 11) is 0. The summed E-state index contributed by atoms with van der Waals surface area (Å²) in [5.41, 5.74) is 0. The van der Waals surface area contributed by atoms with Gasteiger partial charge in [0.15, 0.2) is 12.6 Å². The molecule has 6 unspecified atom stereocenters. The summed E-state index contributed by atoms with van der Waals surface area (Å²) in [6, 6.07) is 0. The quantitative estimate of drug-likeness (QED) is 0.154. The van der Waals surface area contributed by atoms with Crippen molar-refractivity contribution in [3.8, 4) is 0 Å². The van der Waals surface area contributed by atoms with Crippen molar-refractivity contribution in [3.05, 3.63) is 0 Å². The van der Waals surface area contributed by atoms with Gasteiger partial charge in [0.1, 0.15) is 61.0 Å². The first kappa shape index (κ1) is 28.0. The Balaban J connectivity index is 1.78. The van der Waals surface area contributed by atoms with Gasteiger partial charge in [0.2, 0.25) is 0 Å². The summed E-state index contributed by atoms with van der Waals surface area (Å²) in [5.74, 6) is -0.869. The zero-order valence-electron chi connectivity index (χ0n) is 18.0. The normalized spacial score (nSPS) is 52.5. The third-order valence-electron chi connectivity index (χ3n) is 6.62. The summed E-state index contributed by atoms with van der Waals surface area (Å²) in [5, 5.41) is 110. The molecule has 3 rings (SSSR count). The third-order valence-corrected chi connectivity index (χ3v) is 6.62. The van der Waals surface area contributed by atoms with Gasteiger partial charge in [-0.05, 0) is 6.42 Å². The predicted molar refractivity (Wildman–Crippen MR) is 104 cm³/mol. The standard InChI is InChI=1S/C19H34O15/c20-2-5-1-6(10(24)12(26)9(5)23)31-17-11(25)7(3-21)33-19(15(17)29)34-16-8(4-22)32-18(30)14(28)13(16)27/h5-30H,1-4H2/t5?,6-,7?,8?,9+,10?,11+,12+,13-,14?,15?,16-,17+,18-,19+/m1/s1. The summed E-state index contributed by atoms with van der Waals surface area (Å²) < 4.78 is 21.5. The molecule has 0 radical (unpaired) electrons. The Kier molecular flexibility index (Phi) is 9.57. The van der Waals surface area contributed by atoms with Crippen LogP contribution in [0.4, 0.5) is 0 Å². The maximum Gasteiger partial charge on any atom is 0.187 e. The van der Waals surface area contributed by atoms with Crippen LogP contribution < -0.4 is 0 Å². The highest BCUT2D eigenvalue weighted by molar-refractivity contribution is 4.98. The number of hydrogen-bond donors (Lipinski definition) is 11. The van der Waals surface area contributed by atoms with Crippen LogP contribution in [0.5, 0.6) is 0 Å². The number of rotatable bonds is 7. The molecule has 2 heterocycles. The molecule has 15 heteroatoms. The molecule has 200 valence electrons. The Bertz CT molecular complexity index is 637. The molecule has 3 aliphatic rings. The number of ether oxygens (including phenoxy) is 4. The van der Waals surface area contributed by atoms with Gasteiger partial charge in [0.25, 0.3) is 0 Å². The molecule has 0 aromatic rings. The van der Waals surface area contributed by atoms with Gasteiger partial charge in [-0.2, -0.15) is 0 Å². The lowest BCUT2D eigenvalue weighted by atomic mass is 9.81. The lowest BCUT2D eigenvalue weighted by molar-refractivity contribution is -0.362. The zero-order chi connectivity index (χ0) is 25.3. The average Bonchev–Trinajstić information content (AvgIpc) is 2.83. The second-order valence-electron chi connectivity index (χ2n) is 8.83. The van der Waals surface area contributed by atoms with Crippen LogP contribution >= 0.6 is 0 Å². The van der Waals surface area contributed by atoms with Gasteiger partial charge in [-0.15, -0.1) is 0 Å². The van der Waals surface area contributed by atoms with Crippen LogP contribution in [0, 0.1) is 5.92 Å². The van der Waals surface area contributed by atoms with Gasteiger partial charge >= 0.3 is 0 Å². The molecule has 0 amide bonds. The van der Waals surface area contributed by atoms with Crippen molar-refractivity contribution in [2.45, 2.75) is 92.2 Å². The molecule has 0 spiro atoms. The van der Waals surface area contributed by atoms with Crippen molar-refractivity contribution in [1.82, 2.24) is 0 Å². The van der Waals surface area contributed by atoms with Crippen LogP contribution in [0.2, 0.25) is 0 Å². The van der Waals surface area contributed by atoms with E-state index in [1.807, 2.05) is 0 Å². The van der Waals surface area contributed by atoms with E-state index in [-0.39, 0.29) is 6.42 Å². The molecule has 3 fully saturated rings. The Labute approximate surface area is 193 Å². The second-order valence-corrected chi connectivity index (χ2v) is 8.83. The van der Waals surface area contributed by atoms with Crippen molar-refractivity contribution in [2.75, 3.05) is 19.8 Å². The zero-order valence-corrected chi connectivity index (χ0v) is 18.0. The first-order valence-electron chi connectivity index (χ1n) is 10.9. The Morgan fingerprint density at radius 2 is 1.21 bits per heavy atom. The van der Waals surface area contributed by atoms with Crippen LogP contribution in [0.25, 0.3) is 0 Å². The number of aliphatic hydroxyl groups is 11. The van der Waals surface area contributed by atoms with E-state index in [2.05, 4.69) is 0 Å². The Hall–Kier alpha value is -0.600. The fourth-order valence-electron chi connectivity index (χ4n) is 4.51. The minimum absolute atomic E-state index is 0.145. The molecule has 0 bridgehead atoms. The van der Waals surface area contributed by atoms with E-state index in [0.717, 1.165) is 0 Å². The van der Waals surface area contributed by atoms with E-state index in [9.17, 15) is 56.2 Å². The molecule has 11 N–H and O–H groups in total. The van der Waals surface area contributed by atoms with Crippen LogP contribution in [0.3, 0.4) is 0 Å². The maximum atomic E-state index is 10.8. The summed E-state index contributed by atoms with van der Waals surface area (Å²) >= 11 is 0. The molecule has 0 aromatic heterocycles. The molecule has 1 aliphatic carbocycles. The summed E-state index contributed by atoms with van der Waals surface area (Å²) in [6.45, 7) is -2.06. The molecular formula is C19H34O15. The second kappa shape index (κ2) is 11.6. The molecule has 0 aromatic carbocycles. The van der Waals surface area contributed by atoms with E-state index < -0.39 is 112 Å². The van der Waals surface area contributed by atoms with Crippen molar-refractivity contribution in [2.24, 2.45) is 5.92 Å². The lowest BCUT2D eigenvalue weighted by Crippen LogP contribution is -2.66. The van der Waals surface area contributed by atoms with Crippen molar-refractivity contribution >= 4 is 0 Å². The minimum atomic E-state index is -1.82. The van der Waals surface area contributed by atoms with Crippen molar-refractivity contribution in [1.29, 1.82) is 0 Å². The fourth-order valence-corrected chi connectivity index (χ4v) is 4.51. The molecular weight excluding hydrogens is 468 g/mol. The van der Waals surface area contributed by atoms with Crippen molar-refractivity contribution in [3.63, 3.8) is 0 Å². The molecule has 34 heavy (non-hydrogen) atoms. The van der Waals surface area contributed by atoms with Crippen LogP contribution in [0.1, 0.15) is 6.42 Å². The molecule has 15 atom stereocenters. The average molecular weight is 502 g/mol. The number of hydrogen-bond acceptors (Lipinski definition) is 15. The molecule has 15 nitrogen and oxygen atoms in total. The highest BCUT2D eigenvalue weighted by Crippen LogP contribution is 2.33. The largest absolute Gasteiger partial charge is 0.396 e. The summed E-state index contributed by atoms with van der Waals surface area (Å²) in [6.07, 6.45) is -22.6. The smallest absolute Gasteiger partial charge is 0.187 e. The highest BCUT2D eigenvalue weighted by atomic mass is 16.7. The van der Waals surface area contributed by atoms with Crippen LogP contribution in [0.15, 0.2) is 0 Å².